The predicted molar refractivity (Wildman–Crippen MR) is 54.9 cm³/mol. The summed E-state index contributed by atoms with van der Waals surface area (Å²) >= 11 is 0. The van der Waals surface area contributed by atoms with Crippen LogP contribution in [0.5, 0.6) is 11.5 Å². The maximum absolute atomic E-state index is 10.9. The molecular formula is C11H14O4. The Balaban J connectivity index is 2.26. The first-order valence-corrected chi connectivity index (χ1v) is 4.80. The average molecular weight is 210 g/mol. The second-order valence-electron chi connectivity index (χ2n) is 2.90. The number of ether oxygens (including phenoxy) is 2. The minimum atomic E-state index is -0.267. The molecular weight excluding hydrogens is 196 g/mol. The third-order valence-corrected chi connectivity index (χ3v) is 1.72. The molecule has 0 saturated heterocycles. The number of hydrogen-bond donors (Lipinski definition) is 1. The predicted octanol–water partition coefficient (Wildman–Crippen LogP) is 1.72. The Morgan fingerprint density at radius 2 is 2.00 bits per heavy atom. The van der Waals surface area contributed by atoms with E-state index in [0.717, 1.165) is 0 Å². The van der Waals surface area contributed by atoms with Gasteiger partial charge >= 0.3 is 5.97 Å². The van der Waals surface area contributed by atoms with Crippen molar-refractivity contribution in [3.05, 3.63) is 24.3 Å². The molecule has 4 heteroatoms. The van der Waals surface area contributed by atoms with Crippen LogP contribution in [0.1, 0.15) is 13.3 Å². The molecule has 0 aromatic heterocycles. The molecule has 0 aliphatic heterocycles. The van der Waals surface area contributed by atoms with Crippen molar-refractivity contribution in [3.63, 3.8) is 0 Å². The fourth-order valence-corrected chi connectivity index (χ4v) is 1.03. The summed E-state index contributed by atoms with van der Waals surface area (Å²) in [5.41, 5.74) is 0. The van der Waals surface area contributed by atoms with E-state index in [9.17, 15) is 4.79 Å². The molecule has 0 saturated carbocycles. The molecule has 0 spiro atoms. The van der Waals surface area contributed by atoms with Gasteiger partial charge in [0, 0.05) is 0 Å². The Kier molecular flexibility index (Phi) is 4.47. The second kappa shape index (κ2) is 5.90. The molecule has 0 amide bonds. The Hall–Kier alpha value is -1.71. The number of phenols is 1. The summed E-state index contributed by atoms with van der Waals surface area (Å²) in [7, 11) is 0. The topological polar surface area (TPSA) is 55.8 Å². The van der Waals surface area contributed by atoms with Gasteiger partial charge in [-0.2, -0.15) is 0 Å². The van der Waals surface area contributed by atoms with Gasteiger partial charge in [0.15, 0.2) is 0 Å². The molecule has 0 atom stereocenters. The molecule has 1 N–H and O–H groups in total. The molecule has 0 heterocycles. The standard InChI is InChI=1S/C11H14O4/c1-2-14-11(13)7-8-15-10-5-3-9(12)4-6-10/h3-6,12H,2,7-8H2,1H3. The van der Waals surface area contributed by atoms with E-state index < -0.39 is 0 Å². The molecule has 82 valence electrons. The van der Waals surface area contributed by atoms with E-state index in [1.165, 1.54) is 12.1 Å². The second-order valence-corrected chi connectivity index (χ2v) is 2.90. The van der Waals surface area contributed by atoms with Crippen molar-refractivity contribution in [1.29, 1.82) is 0 Å². The van der Waals surface area contributed by atoms with E-state index in [1.807, 2.05) is 0 Å². The lowest BCUT2D eigenvalue weighted by Gasteiger charge is -2.05. The van der Waals surface area contributed by atoms with Crippen LogP contribution in [0, 0.1) is 0 Å². The minimum absolute atomic E-state index is 0.188. The number of rotatable bonds is 5. The zero-order valence-corrected chi connectivity index (χ0v) is 8.60. The highest BCUT2D eigenvalue weighted by molar-refractivity contribution is 5.69. The summed E-state index contributed by atoms with van der Waals surface area (Å²) in [5, 5.41) is 9.01. The third kappa shape index (κ3) is 4.35. The molecule has 0 unspecified atom stereocenters. The van der Waals surface area contributed by atoms with Crippen molar-refractivity contribution >= 4 is 5.97 Å². The number of carbonyl (C=O) groups excluding carboxylic acids is 1. The average Bonchev–Trinajstić information content (AvgIpc) is 2.21. The van der Waals surface area contributed by atoms with Gasteiger partial charge < -0.3 is 14.6 Å². The maximum Gasteiger partial charge on any atom is 0.309 e. The third-order valence-electron chi connectivity index (χ3n) is 1.72. The number of aromatic hydroxyl groups is 1. The molecule has 0 aliphatic rings. The minimum Gasteiger partial charge on any atom is -0.508 e. The largest absolute Gasteiger partial charge is 0.508 e. The summed E-state index contributed by atoms with van der Waals surface area (Å²) in [6, 6.07) is 6.33. The van der Waals surface area contributed by atoms with Crippen LogP contribution in [-0.4, -0.2) is 24.3 Å². The van der Waals surface area contributed by atoms with Gasteiger partial charge in [0.2, 0.25) is 0 Å². The van der Waals surface area contributed by atoms with Gasteiger partial charge in [-0.3, -0.25) is 4.79 Å². The first-order valence-electron chi connectivity index (χ1n) is 4.80. The van der Waals surface area contributed by atoms with E-state index in [2.05, 4.69) is 0 Å². The summed E-state index contributed by atoms with van der Waals surface area (Å²) in [4.78, 5) is 10.9. The zero-order chi connectivity index (χ0) is 11.1. The van der Waals surface area contributed by atoms with Crippen molar-refractivity contribution in [3.8, 4) is 11.5 Å². The molecule has 0 bridgehead atoms. The van der Waals surface area contributed by atoms with Gasteiger partial charge in [-0.25, -0.2) is 0 Å². The number of esters is 1. The highest BCUT2D eigenvalue weighted by Gasteiger charge is 2.01. The van der Waals surface area contributed by atoms with Crippen LogP contribution < -0.4 is 4.74 Å². The molecule has 0 fully saturated rings. The van der Waals surface area contributed by atoms with Crippen LogP contribution in [0.15, 0.2) is 24.3 Å². The van der Waals surface area contributed by atoms with Crippen molar-refractivity contribution in [2.24, 2.45) is 0 Å². The normalized spacial score (nSPS) is 9.67. The Morgan fingerprint density at radius 3 is 2.60 bits per heavy atom. The monoisotopic (exact) mass is 210 g/mol. The molecule has 0 radical (unpaired) electrons. The lowest BCUT2D eigenvalue weighted by molar-refractivity contribution is -0.143. The van der Waals surface area contributed by atoms with Gasteiger partial charge in [-0.05, 0) is 31.2 Å². The van der Waals surface area contributed by atoms with Crippen molar-refractivity contribution < 1.29 is 19.4 Å². The molecule has 4 nitrogen and oxygen atoms in total. The molecule has 0 aliphatic carbocycles. The fourth-order valence-electron chi connectivity index (χ4n) is 1.03. The van der Waals surface area contributed by atoms with Gasteiger partial charge in [-0.1, -0.05) is 0 Å². The molecule has 1 rings (SSSR count). The number of carbonyl (C=O) groups is 1. The number of phenolic OH excluding ortho intramolecular Hbond substituents is 1. The van der Waals surface area contributed by atoms with Crippen molar-refractivity contribution in [2.45, 2.75) is 13.3 Å². The van der Waals surface area contributed by atoms with Crippen LogP contribution in [0.2, 0.25) is 0 Å². The maximum atomic E-state index is 10.9. The summed E-state index contributed by atoms with van der Waals surface area (Å²) in [6.45, 7) is 2.43. The van der Waals surface area contributed by atoms with Gasteiger partial charge in [-0.15, -0.1) is 0 Å². The SMILES string of the molecule is CCOC(=O)CCOc1ccc(O)cc1. The molecule has 1 aromatic rings. The van der Waals surface area contributed by atoms with Crippen molar-refractivity contribution in [2.75, 3.05) is 13.2 Å². The van der Waals surface area contributed by atoms with Crippen LogP contribution >= 0.6 is 0 Å². The highest BCUT2D eigenvalue weighted by Crippen LogP contribution is 2.15. The quantitative estimate of drug-likeness (QED) is 0.752. The van der Waals surface area contributed by atoms with E-state index in [1.54, 1.807) is 19.1 Å². The van der Waals surface area contributed by atoms with E-state index >= 15 is 0 Å². The lowest BCUT2D eigenvalue weighted by Crippen LogP contribution is -2.09. The Morgan fingerprint density at radius 1 is 1.33 bits per heavy atom. The Labute approximate surface area is 88.4 Å². The van der Waals surface area contributed by atoms with Gasteiger partial charge in [0.1, 0.15) is 11.5 Å². The molecule has 1 aromatic carbocycles. The van der Waals surface area contributed by atoms with Crippen LogP contribution in [-0.2, 0) is 9.53 Å². The highest BCUT2D eigenvalue weighted by atomic mass is 16.5. The van der Waals surface area contributed by atoms with Crippen LogP contribution in [0.3, 0.4) is 0 Å². The van der Waals surface area contributed by atoms with Crippen LogP contribution in [0.4, 0.5) is 0 Å². The van der Waals surface area contributed by atoms with Gasteiger partial charge in [0.05, 0.1) is 19.6 Å². The number of benzene rings is 1. The van der Waals surface area contributed by atoms with Crippen LogP contribution in [0.25, 0.3) is 0 Å². The van der Waals surface area contributed by atoms with Crippen molar-refractivity contribution in [1.82, 2.24) is 0 Å². The van der Waals surface area contributed by atoms with Gasteiger partial charge in [0.25, 0.3) is 0 Å². The smallest absolute Gasteiger partial charge is 0.309 e. The molecule has 15 heavy (non-hydrogen) atoms. The first kappa shape index (κ1) is 11.4. The zero-order valence-electron chi connectivity index (χ0n) is 8.60. The number of hydrogen-bond acceptors (Lipinski definition) is 4. The summed E-state index contributed by atoms with van der Waals surface area (Å²) in [5.74, 6) is 0.543. The Bertz CT molecular complexity index is 305. The fraction of sp³-hybridized carbons (Fsp3) is 0.364. The van der Waals surface area contributed by atoms with E-state index in [4.69, 9.17) is 14.6 Å². The van der Waals surface area contributed by atoms with E-state index in [-0.39, 0.29) is 24.7 Å². The summed E-state index contributed by atoms with van der Waals surface area (Å²) in [6.07, 6.45) is 0.231. The lowest BCUT2D eigenvalue weighted by atomic mass is 10.3. The van der Waals surface area contributed by atoms with E-state index in [0.29, 0.717) is 12.4 Å². The summed E-state index contributed by atoms with van der Waals surface area (Å²) < 4.78 is 10.0. The first-order chi connectivity index (χ1) is 7.22.